The quantitative estimate of drug-likeness (QED) is 0.388. The molecule has 6 nitrogen and oxygen atoms in total. The van der Waals surface area contributed by atoms with E-state index in [2.05, 4.69) is 29.6 Å². The third-order valence-corrected chi connectivity index (χ3v) is 8.52. The van der Waals surface area contributed by atoms with Gasteiger partial charge in [-0.25, -0.2) is 4.79 Å². The van der Waals surface area contributed by atoms with Gasteiger partial charge in [0.15, 0.2) is 0 Å². The van der Waals surface area contributed by atoms with Crippen LogP contribution in [-0.2, 0) is 20.7 Å². The summed E-state index contributed by atoms with van der Waals surface area (Å²) >= 11 is 1.49. The predicted octanol–water partition coefficient (Wildman–Crippen LogP) is 5.79. The van der Waals surface area contributed by atoms with E-state index in [1.165, 1.54) is 33.6 Å². The van der Waals surface area contributed by atoms with Crippen LogP contribution in [0.5, 0.6) is 0 Å². The van der Waals surface area contributed by atoms with Gasteiger partial charge in [0, 0.05) is 22.2 Å². The molecule has 8 heteroatoms. The smallest absolute Gasteiger partial charge is 0.449 e. The van der Waals surface area contributed by atoms with E-state index in [-0.39, 0.29) is 25.7 Å². The van der Waals surface area contributed by atoms with Crippen LogP contribution in [0.4, 0.5) is 4.79 Å². The third kappa shape index (κ3) is 5.11. The molecule has 2 heterocycles. The minimum Gasteiger partial charge on any atom is -0.449 e. The van der Waals surface area contributed by atoms with Gasteiger partial charge < -0.3 is 24.5 Å². The van der Waals surface area contributed by atoms with Crippen molar-refractivity contribution < 1.29 is 23.9 Å². The van der Waals surface area contributed by atoms with Gasteiger partial charge in [-0.3, -0.25) is 0 Å². The van der Waals surface area contributed by atoms with E-state index >= 15 is 0 Å². The normalized spacial score (nSPS) is 18.0. The van der Waals surface area contributed by atoms with Crippen molar-refractivity contribution in [3.05, 3.63) is 87.0 Å². The minimum atomic E-state index is -0.612. The Bertz CT molecular complexity index is 1270. The molecule has 1 aliphatic carbocycles. The Morgan fingerprint density at radius 1 is 1.00 bits per heavy atom. The Labute approximate surface area is 222 Å². The Hall–Kier alpha value is -2.91. The molecule has 0 atom stereocenters. The number of hydrogen-bond donors (Lipinski definition) is 2. The fourth-order valence-corrected chi connectivity index (χ4v) is 5.61. The van der Waals surface area contributed by atoms with E-state index in [0.29, 0.717) is 0 Å². The average Bonchev–Trinajstić information content (AvgIpc) is 3.52. The van der Waals surface area contributed by atoms with Gasteiger partial charge in [-0.05, 0) is 73.6 Å². The number of carbonyl (C=O) groups excluding carboxylic acids is 1. The fourth-order valence-electron chi connectivity index (χ4n) is 4.76. The molecule has 0 bridgehead atoms. The summed E-state index contributed by atoms with van der Waals surface area (Å²) in [6.07, 6.45) is 1.46. The van der Waals surface area contributed by atoms with Crippen molar-refractivity contribution in [2.75, 3.05) is 13.2 Å². The van der Waals surface area contributed by atoms with Crippen molar-refractivity contribution in [1.82, 2.24) is 5.32 Å². The van der Waals surface area contributed by atoms with E-state index in [1.807, 2.05) is 70.2 Å². The van der Waals surface area contributed by atoms with Gasteiger partial charge >= 0.3 is 13.2 Å². The minimum absolute atomic E-state index is 0.000666. The lowest BCUT2D eigenvalue weighted by Crippen LogP contribution is -2.41. The maximum Gasteiger partial charge on any atom is 0.492 e. The van der Waals surface area contributed by atoms with E-state index in [1.54, 1.807) is 0 Å². The number of aliphatic hydroxyl groups is 1. The zero-order valence-electron chi connectivity index (χ0n) is 21.6. The van der Waals surface area contributed by atoms with Gasteiger partial charge in [0.1, 0.15) is 6.61 Å². The number of thiophene rings is 1. The highest BCUT2D eigenvalue weighted by Gasteiger charge is 2.52. The predicted molar refractivity (Wildman–Crippen MR) is 147 cm³/mol. The number of ether oxygens (including phenoxy) is 1. The summed E-state index contributed by atoms with van der Waals surface area (Å²) < 4.78 is 18.2. The number of fused-ring (bicyclic) bond motifs is 3. The molecule has 3 aromatic rings. The van der Waals surface area contributed by atoms with Gasteiger partial charge in [-0.2, -0.15) is 0 Å². The van der Waals surface area contributed by atoms with E-state index in [4.69, 9.17) is 14.0 Å². The number of alkyl carbamates (subject to hydrolysis) is 1. The highest BCUT2D eigenvalue weighted by atomic mass is 32.1. The molecule has 1 fully saturated rings. The molecule has 2 aliphatic rings. The summed E-state index contributed by atoms with van der Waals surface area (Å²) in [4.78, 5) is 14.6. The number of benzene rings is 2. The summed E-state index contributed by atoms with van der Waals surface area (Å²) in [5.41, 5.74) is 4.49. The fraction of sp³-hybridized carbons (Fsp3) is 0.345. The topological polar surface area (TPSA) is 77.0 Å². The van der Waals surface area contributed by atoms with Crippen LogP contribution in [0.1, 0.15) is 54.5 Å². The first kappa shape index (κ1) is 25.7. The van der Waals surface area contributed by atoms with Crippen LogP contribution >= 0.6 is 11.3 Å². The number of amides is 1. The molecule has 0 radical (unpaired) electrons. The Kier molecular flexibility index (Phi) is 7.02. The number of hydrogen-bond acceptors (Lipinski definition) is 6. The molecule has 1 saturated heterocycles. The first-order chi connectivity index (χ1) is 17.7. The SMILES string of the molecule is CC1(C)OB(C(=Cc2ccc(CO)s2)CNC(=O)OCC2c3ccccc3-c3ccccc32)OC1(C)C. The van der Waals surface area contributed by atoms with Crippen LogP contribution < -0.4 is 5.32 Å². The van der Waals surface area contributed by atoms with Crippen LogP contribution in [0.2, 0.25) is 0 Å². The lowest BCUT2D eigenvalue weighted by molar-refractivity contribution is 0.00578. The van der Waals surface area contributed by atoms with Gasteiger partial charge in [0.25, 0.3) is 0 Å². The third-order valence-electron chi connectivity index (χ3n) is 7.50. The molecule has 1 aromatic heterocycles. The Morgan fingerprint density at radius 3 is 2.16 bits per heavy atom. The van der Waals surface area contributed by atoms with Crippen molar-refractivity contribution in [2.45, 2.75) is 51.4 Å². The molecular weight excluding hydrogens is 485 g/mol. The molecule has 0 spiro atoms. The highest BCUT2D eigenvalue weighted by molar-refractivity contribution is 7.12. The highest BCUT2D eigenvalue weighted by Crippen LogP contribution is 2.44. The Balaban J connectivity index is 1.28. The van der Waals surface area contributed by atoms with Crippen molar-refractivity contribution in [2.24, 2.45) is 0 Å². The molecule has 1 amide bonds. The van der Waals surface area contributed by atoms with Crippen LogP contribution in [-0.4, -0.2) is 42.7 Å². The first-order valence-electron chi connectivity index (χ1n) is 12.5. The second-order valence-corrected chi connectivity index (χ2v) is 11.6. The zero-order chi connectivity index (χ0) is 26.2. The molecule has 2 aromatic carbocycles. The maximum atomic E-state index is 12.8. The van der Waals surface area contributed by atoms with Crippen LogP contribution in [0, 0.1) is 0 Å². The van der Waals surface area contributed by atoms with Crippen molar-refractivity contribution >= 4 is 30.6 Å². The second-order valence-electron chi connectivity index (χ2n) is 10.4. The standard InChI is InChI=1S/C29H32BNO5S/c1-28(2)29(3,4)36-30(35-28)19(15-20-13-14-21(17-32)37-20)16-31-27(33)34-18-26-24-11-7-5-9-22(24)23-10-6-8-12-25(23)26/h5-15,26,32H,16-18H2,1-4H3,(H,31,33). The molecule has 37 heavy (non-hydrogen) atoms. The van der Waals surface area contributed by atoms with Crippen LogP contribution in [0.15, 0.2) is 66.1 Å². The lowest BCUT2D eigenvalue weighted by Gasteiger charge is -2.32. The van der Waals surface area contributed by atoms with Gasteiger partial charge in [0.05, 0.1) is 17.8 Å². The Morgan fingerprint density at radius 2 is 1.59 bits per heavy atom. The lowest BCUT2D eigenvalue weighted by atomic mass is 9.77. The summed E-state index contributed by atoms with van der Waals surface area (Å²) in [6, 6.07) is 20.4. The molecule has 0 saturated carbocycles. The number of rotatable bonds is 7. The number of nitrogens with one attached hydrogen (secondary N) is 1. The maximum absolute atomic E-state index is 12.8. The zero-order valence-corrected chi connectivity index (χ0v) is 22.4. The van der Waals surface area contributed by atoms with Gasteiger partial charge in [-0.15, -0.1) is 11.3 Å². The molecule has 2 N–H and O–H groups in total. The molecule has 1 aliphatic heterocycles. The summed E-state index contributed by atoms with van der Waals surface area (Å²) in [5.74, 6) is -0.000666. The molecule has 5 rings (SSSR count). The molecule has 0 unspecified atom stereocenters. The van der Waals surface area contributed by atoms with Gasteiger partial charge in [-0.1, -0.05) is 48.5 Å². The number of carbonyl (C=O) groups is 1. The van der Waals surface area contributed by atoms with Crippen molar-refractivity contribution in [3.63, 3.8) is 0 Å². The number of aliphatic hydroxyl groups excluding tert-OH is 1. The largest absolute Gasteiger partial charge is 0.492 e. The van der Waals surface area contributed by atoms with E-state index < -0.39 is 24.4 Å². The van der Waals surface area contributed by atoms with E-state index in [0.717, 1.165) is 15.2 Å². The average molecular weight is 517 g/mol. The van der Waals surface area contributed by atoms with Gasteiger partial charge in [0.2, 0.25) is 0 Å². The van der Waals surface area contributed by atoms with Crippen molar-refractivity contribution in [3.8, 4) is 11.1 Å². The molecule has 192 valence electrons. The van der Waals surface area contributed by atoms with Crippen molar-refractivity contribution in [1.29, 1.82) is 0 Å². The summed E-state index contributed by atoms with van der Waals surface area (Å²) in [7, 11) is -0.612. The second kappa shape index (κ2) is 10.1. The van der Waals surface area contributed by atoms with Crippen LogP contribution in [0.25, 0.3) is 17.2 Å². The first-order valence-corrected chi connectivity index (χ1v) is 13.3. The van der Waals surface area contributed by atoms with Crippen LogP contribution in [0.3, 0.4) is 0 Å². The summed E-state index contributed by atoms with van der Waals surface area (Å²) in [5, 5.41) is 12.3. The van der Waals surface area contributed by atoms with E-state index in [9.17, 15) is 9.90 Å². The summed E-state index contributed by atoms with van der Waals surface area (Å²) in [6.45, 7) is 8.44. The monoisotopic (exact) mass is 517 g/mol. The molecular formula is C29H32BNO5S.